The van der Waals surface area contributed by atoms with Crippen molar-refractivity contribution in [2.45, 2.75) is 18.2 Å². The summed E-state index contributed by atoms with van der Waals surface area (Å²) in [5.74, 6) is -0.344. The Labute approximate surface area is 117 Å². The Hall–Kier alpha value is -2.40. The average Bonchev–Trinajstić information content (AvgIpc) is 2.39. The summed E-state index contributed by atoms with van der Waals surface area (Å²) >= 11 is 0. The van der Waals surface area contributed by atoms with Crippen molar-refractivity contribution >= 4 is 27.1 Å². The van der Waals surface area contributed by atoms with E-state index in [9.17, 15) is 8.42 Å². The van der Waals surface area contributed by atoms with Crippen LogP contribution in [0, 0.1) is 16.7 Å². The summed E-state index contributed by atoms with van der Waals surface area (Å²) in [6.07, 6.45) is 0.552. The molecule has 0 saturated heterocycles. The van der Waals surface area contributed by atoms with Gasteiger partial charge in [-0.05, 0) is 30.7 Å². The van der Waals surface area contributed by atoms with Crippen LogP contribution in [0.5, 0.6) is 0 Å². The standard InChI is InChI=1S/C12H15N5O2S/c1-2-7-20(18,19)10-5-3-9(4-6-10)16-17-11(8-13)12(14)15/h3-6,16H,2,7H2,1H3,(H3,14,15)/b17-11+. The monoisotopic (exact) mass is 293 g/mol. The lowest BCUT2D eigenvalue weighted by Crippen LogP contribution is -2.21. The number of nitrogens with two attached hydrogens (primary N) is 1. The van der Waals surface area contributed by atoms with Crippen LogP contribution >= 0.6 is 0 Å². The molecule has 1 rings (SSSR count). The van der Waals surface area contributed by atoms with Gasteiger partial charge in [-0.15, -0.1) is 0 Å². The first-order valence-electron chi connectivity index (χ1n) is 5.81. The van der Waals surface area contributed by atoms with E-state index in [4.69, 9.17) is 16.4 Å². The molecule has 0 atom stereocenters. The summed E-state index contributed by atoms with van der Waals surface area (Å²) in [4.78, 5) is 0.237. The van der Waals surface area contributed by atoms with E-state index in [1.165, 1.54) is 24.3 Å². The Kier molecular flexibility index (Phi) is 5.23. The molecular formula is C12H15N5O2S. The van der Waals surface area contributed by atoms with Crippen molar-refractivity contribution in [1.29, 1.82) is 10.7 Å². The number of hydrogen-bond acceptors (Lipinski definition) is 6. The fraction of sp³-hybridized carbons (Fsp3) is 0.250. The zero-order valence-electron chi connectivity index (χ0n) is 10.9. The smallest absolute Gasteiger partial charge is 0.201 e. The number of nitrogens with one attached hydrogen (secondary N) is 2. The lowest BCUT2D eigenvalue weighted by Gasteiger charge is -2.05. The van der Waals surface area contributed by atoms with Crippen LogP contribution < -0.4 is 11.2 Å². The molecule has 0 bridgehead atoms. The van der Waals surface area contributed by atoms with Crippen LogP contribution in [0.1, 0.15) is 13.3 Å². The molecule has 4 N–H and O–H groups in total. The molecule has 0 aliphatic heterocycles. The first kappa shape index (κ1) is 15.7. The zero-order chi connectivity index (χ0) is 15.2. The second kappa shape index (κ2) is 6.68. The van der Waals surface area contributed by atoms with E-state index < -0.39 is 15.7 Å². The van der Waals surface area contributed by atoms with E-state index >= 15 is 0 Å². The predicted molar refractivity (Wildman–Crippen MR) is 77.4 cm³/mol. The van der Waals surface area contributed by atoms with Crippen LogP contribution in [0.3, 0.4) is 0 Å². The highest BCUT2D eigenvalue weighted by Gasteiger charge is 2.12. The van der Waals surface area contributed by atoms with Gasteiger partial charge in [-0.2, -0.15) is 10.4 Å². The largest absolute Gasteiger partial charge is 0.382 e. The minimum atomic E-state index is -3.25. The van der Waals surface area contributed by atoms with Crippen molar-refractivity contribution in [3.05, 3.63) is 24.3 Å². The van der Waals surface area contributed by atoms with E-state index in [-0.39, 0.29) is 16.4 Å². The Morgan fingerprint density at radius 2 is 2.05 bits per heavy atom. The molecule has 0 saturated carbocycles. The van der Waals surface area contributed by atoms with Gasteiger partial charge in [0.25, 0.3) is 0 Å². The fourth-order valence-corrected chi connectivity index (χ4v) is 2.71. The molecule has 0 aliphatic rings. The minimum absolute atomic E-state index is 0.0981. The molecule has 0 aliphatic carbocycles. The van der Waals surface area contributed by atoms with Crippen molar-refractivity contribution in [2.75, 3.05) is 11.2 Å². The van der Waals surface area contributed by atoms with E-state index in [1.54, 1.807) is 13.0 Å². The molecule has 0 amide bonds. The number of rotatable bonds is 6. The topological polar surface area (TPSA) is 132 Å². The summed E-state index contributed by atoms with van der Waals surface area (Å²) < 4.78 is 23.6. The molecule has 0 radical (unpaired) electrons. The lowest BCUT2D eigenvalue weighted by atomic mass is 10.3. The van der Waals surface area contributed by atoms with Crippen LogP contribution in [0.15, 0.2) is 34.3 Å². The van der Waals surface area contributed by atoms with Gasteiger partial charge in [0.1, 0.15) is 6.07 Å². The van der Waals surface area contributed by atoms with Crippen LogP contribution in [-0.4, -0.2) is 25.7 Å². The van der Waals surface area contributed by atoms with Crippen LogP contribution in [0.2, 0.25) is 0 Å². The summed E-state index contributed by atoms with van der Waals surface area (Å²) in [6.45, 7) is 1.80. The number of benzene rings is 1. The molecule has 8 heteroatoms. The number of sulfone groups is 1. The van der Waals surface area contributed by atoms with Gasteiger partial charge in [0.05, 0.1) is 16.3 Å². The van der Waals surface area contributed by atoms with Gasteiger partial charge in [-0.1, -0.05) is 6.92 Å². The normalized spacial score (nSPS) is 11.7. The molecule has 0 unspecified atom stereocenters. The molecule has 20 heavy (non-hydrogen) atoms. The number of hydrogen-bond donors (Lipinski definition) is 3. The van der Waals surface area contributed by atoms with Crippen molar-refractivity contribution in [2.24, 2.45) is 10.8 Å². The van der Waals surface area contributed by atoms with E-state index in [1.807, 2.05) is 0 Å². The van der Waals surface area contributed by atoms with Crippen molar-refractivity contribution in [3.63, 3.8) is 0 Å². The Morgan fingerprint density at radius 3 is 2.50 bits per heavy atom. The molecule has 7 nitrogen and oxygen atoms in total. The van der Waals surface area contributed by atoms with Crippen LogP contribution in [0.4, 0.5) is 5.69 Å². The predicted octanol–water partition coefficient (Wildman–Crippen LogP) is 1.10. The first-order chi connectivity index (χ1) is 9.40. The van der Waals surface area contributed by atoms with Gasteiger partial charge in [-0.3, -0.25) is 10.8 Å². The Morgan fingerprint density at radius 1 is 1.45 bits per heavy atom. The average molecular weight is 293 g/mol. The number of anilines is 1. The number of nitrogens with zero attached hydrogens (tertiary/aromatic N) is 2. The summed E-state index contributed by atoms with van der Waals surface area (Å²) in [5, 5.41) is 19.4. The van der Waals surface area contributed by atoms with Gasteiger partial charge in [0, 0.05) is 0 Å². The number of nitriles is 1. The summed E-state index contributed by atoms with van der Waals surface area (Å²) in [6, 6.07) is 7.65. The van der Waals surface area contributed by atoms with Crippen LogP contribution in [0.25, 0.3) is 0 Å². The van der Waals surface area contributed by atoms with E-state index in [2.05, 4.69) is 10.5 Å². The highest BCUT2D eigenvalue weighted by atomic mass is 32.2. The van der Waals surface area contributed by atoms with Gasteiger partial charge in [0.2, 0.25) is 5.71 Å². The van der Waals surface area contributed by atoms with Crippen molar-refractivity contribution in [3.8, 4) is 6.07 Å². The molecule has 1 aromatic rings. The molecule has 0 fully saturated rings. The second-order valence-electron chi connectivity index (χ2n) is 3.94. The van der Waals surface area contributed by atoms with Gasteiger partial charge in [-0.25, -0.2) is 8.42 Å². The molecule has 1 aromatic carbocycles. The Balaban J connectivity index is 2.89. The van der Waals surface area contributed by atoms with E-state index in [0.29, 0.717) is 12.1 Å². The highest BCUT2D eigenvalue weighted by Crippen LogP contribution is 2.16. The summed E-state index contributed by atoms with van der Waals surface area (Å²) in [5.41, 5.74) is 7.93. The second-order valence-corrected chi connectivity index (χ2v) is 6.05. The molecule has 0 heterocycles. The van der Waals surface area contributed by atoms with Crippen molar-refractivity contribution in [1.82, 2.24) is 0 Å². The fourth-order valence-electron chi connectivity index (χ4n) is 1.39. The van der Waals surface area contributed by atoms with Crippen LogP contribution in [-0.2, 0) is 9.84 Å². The SMILES string of the molecule is CCCS(=O)(=O)c1ccc(N/N=C(\C#N)C(=N)N)cc1. The maximum atomic E-state index is 11.8. The number of hydrazone groups is 1. The quantitative estimate of drug-likeness (QED) is 0.410. The third kappa shape index (κ3) is 4.07. The zero-order valence-corrected chi connectivity index (χ0v) is 11.7. The van der Waals surface area contributed by atoms with Crippen molar-refractivity contribution < 1.29 is 8.42 Å². The molecule has 0 aromatic heterocycles. The molecule has 106 valence electrons. The summed E-state index contributed by atoms with van der Waals surface area (Å²) in [7, 11) is -3.25. The van der Waals surface area contributed by atoms with Gasteiger partial charge < -0.3 is 5.73 Å². The number of amidine groups is 1. The van der Waals surface area contributed by atoms with Gasteiger partial charge in [0.15, 0.2) is 15.7 Å². The lowest BCUT2D eigenvalue weighted by molar-refractivity contribution is 0.595. The van der Waals surface area contributed by atoms with E-state index in [0.717, 1.165) is 0 Å². The molecule has 0 spiro atoms. The maximum Gasteiger partial charge on any atom is 0.201 e. The van der Waals surface area contributed by atoms with Gasteiger partial charge >= 0.3 is 0 Å². The molecular weight excluding hydrogens is 278 g/mol. The third-order valence-electron chi connectivity index (χ3n) is 2.34. The highest BCUT2D eigenvalue weighted by molar-refractivity contribution is 7.91. The maximum absolute atomic E-state index is 11.8. The third-order valence-corrected chi connectivity index (χ3v) is 4.28. The first-order valence-corrected chi connectivity index (χ1v) is 7.47. The minimum Gasteiger partial charge on any atom is -0.382 e. The Bertz CT molecular complexity index is 656.